The van der Waals surface area contributed by atoms with Gasteiger partial charge in [0.15, 0.2) is 5.78 Å². The normalized spacial score (nSPS) is 11.1. The number of ketones is 2. The Balaban J connectivity index is 2.74. The lowest BCUT2D eigenvalue weighted by Crippen LogP contribution is -2.22. The topological polar surface area (TPSA) is 43.4 Å². The molecular weight excluding hydrogens is 216 g/mol. The van der Waals surface area contributed by atoms with Crippen molar-refractivity contribution >= 4 is 11.6 Å². The zero-order valence-corrected chi connectivity index (χ0v) is 10.7. The maximum Gasteiger partial charge on any atom is 0.170 e. The Morgan fingerprint density at radius 2 is 1.65 bits per heavy atom. The van der Waals surface area contributed by atoms with E-state index in [1.54, 1.807) is 24.3 Å². The Morgan fingerprint density at radius 3 is 2.06 bits per heavy atom. The molecule has 3 nitrogen and oxygen atoms in total. The summed E-state index contributed by atoms with van der Waals surface area (Å²) < 4.78 is 5.64. The summed E-state index contributed by atoms with van der Waals surface area (Å²) in [6.07, 6.45) is -0.0422. The molecule has 1 rings (SSSR count). The maximum atomic E-state index is 11.6. The van der Waals surface area contributed by atoms with Crippen LogP contribution in [0.25, 0.3) is 0 Å². The Labute approximate surface area is 102 Å². The first-order chi connectivity index (χ1) is 7.78. The number of Topliss-reactive ketones (excluding diaryl/α,β-unsaturated/α-hetero) is 2. The number of rotatable bonds is 4. The Hall–Kier alpha value is -1.64. The van der Waals surface area contributed by atoms with Gasteiger partial charge in [-0.1, -0.05) is 0 Å². The average Bonchev–Trinajstić information content (AvgIpc) is 2.15. The van der Waals surface area contributed by atoms with Crippen molar-refractivity contribution in [1.29, 1.82) is 0 Å². The van der Waals surface area contributed by atoms with Crippen LogP contribution in [0.2, 0.25) is 0 Å². The van der Waals surface area contributed by atoms with Crippen LogP contribution in [0.3, 0.4) is 0 Å². The lowest BCUT2D eigenvalue weighted by Gasteiger charge is -2.21. The van der Waals surface area contributed by atoms with Gasteiger partial charge in [-0.3, -0.25) is 9.59 Å². The molecule has 0 amide bonds. The molecule has 0 bridgehead atoms. The van der Waals surface area contributed by atoms with Crippen molar-refractivity contribution in [1.82, 2.24) is 0 Å². The fourth-order valence-electron chi connectivity index (χ4n) is 1.39. The van der Waals surface area contributed by atoms with E-state index in [-0.39, 0.29) is 23.6 Å². The minimum Gasteiger partial charge on any atom is -0.488 e. The summed E-state index contributed by atoms with van der Waals surface area (Å²) in [5.74, 6) is 0.446. The van der Waals surface area contributed by atoms with Gasteiger partial charge in [0.1, 0.15) is 17.1 Å². The predicted octanol–water partition coefficient (Wildman–Crippen LogP) is 3.03. The van der Waals surface area contributed by atoms with Crippen LogP contribution in [0.1, 0.15) is 44.5 Å². The molecular formula is C14H18O3. The fourth-order valence-corrected chi connectivity index (χ4v) is 1.39. The highest BCUT2D eigenvalue weighted by molar-refractivity contribution is 6.07. The molecule has 0 saturated carbocycles. The van der Waals surface area contributed by atoms with Gasteiger partial charge in [-0.15, -0.1) is 0 Å². The second-order valence-corrected chi connectivity index (χ2v) is 5.04. The van der Waals surface area contributed by atoms with Crippen LogP contribution in [0.15, 0.2) is 24.3 Å². The number of hydrogen-bond acceptors (Lipinski definition) is 3. The molecule has 0 aromatic heterocycles. The summed E-state index contributed by atoms with van der Waals surface area (Å²) in [6, 6.07) is 6.87. The Morgan fingerprint density at radius 1 is 1.12 bits per heavy atom. The van der Waals surface area contributed by atoms with Crippen LogP contribution in [0, 0.1) is 0 Å². The maximum absolute atomic E-state index is 11.6. The van der Waals surface area contributed by atoms with Gasteiger partial charge < -0.3 is 4.74 Å². The van der Waals surface area contributed by atoms with Gasteiger partial charge in [0, 0.05) is 5.56 Å². The van der Waals surface area contributed by atoms with E-state index in [1.165, 1.54) is 6.92 Å². The van der Waals surface area contributed by atoms with Crippen molar-refractivity contribution in [2.24, 2.45) is 0 Å². The highest BCUT2D eigenvalue weighted by atomic mass is 16.5. The summed E-state index contributed by atoms with van der Waals surface area (Å²) in [6.45, 7) is 7.29. The molecule has 0 N–H and O–H groups in total. The van der Waals surface area contributed by atoms with Crippen molar-refractivity contribution in [3.8, 4) is 5.75 Å². The van der Waals surface area contributed by atoms with Gasteiger partial charge in [-0.05, 0) is 52.0 Å². The first-order valence-corrected chi connectivity index (χ1v) is 5.59. The SMILES string of the molecule is CC(=O)CC(=O)c1ccc(OC(C)(C)C)cc1. The average molecular weight is 234 g/mol. The Kier molecular flexibility index (Phi) is 4.05. The molecule has 0 radical (unpaired) electrons. The van der Waals surface area contributed by atoms with E-state index in [9.17, 15) is 9.59 Å². The lowest BCUT2D eigenvalue weighted by molar-refractivity contribution is -0.116. The molecule has 0 aliphatic heterocycles. The number of carbonyl (C=O) groups excluding carboxylic acids is 2. The first-order valence-electron chi connectivity index (χ1n) is 5.59. The third kappa shape index (κ3) is 4.81. The van der Waals surface area contributed by atoms with Crippen molar-refractivity contribution in [2.45, 2.75) is 39.7 Å². The van der Waals surface area contributed by atoms with Crippen LogP contribution >= 0.6 is 0 Å². The summed E-state index contributed by atoms with van der Waals surface area (Å²) in [7, 11) is 0. The van der Waals surface area contributed by atoms with Crippen molar-refractivity contribution in [3.63, 3.8) is 0 Å². The van der Waals surface area contributed by atoms with Crippen LogP contribution in [-0.2, 0) is 4.79 Å². The molecule has 0 unspecified atom stereocenters. The highest BCUT2D eigenvalue weighted by Gasteiger charge is 2.13. The van der Waals surface area contributed by atoms with Gasteiger partial charge in [0.25, 0.3) is 0 Å². The minimum absolute atomic E-state index is 0.0422. The van der Waals surface area contributed by atoms with Crippen LogP contribution in [0.5, 0.6) is 5.75 Å². The number of benzene rings is 1. The third-order valence-corrected chi connectivity index (χ3v) is 2.01. The second kappa shape index (κ2) is 5.13. The monoisotopic (exact) mass is 234 g/mol. The van der Waals surface area contributed by atoms with E-state index in [1.807, 2.05) is 20.8 Å². The quantitative estimate of drug-likeness (QED) is 0.594. The Bertz CT molecular complexity index is 410. The zero-order chi connectivity index (χ0) is 13.1. The first kappa shape index (κ1) is 13.4. The molecule has 92 valence electrons. The molecule has 0 aliphatic rings. The largest absolute Gasteiger partial charge is 0.488 e. The van der Waals surface area contributed by atoms with Crippen LogP contribution < -0.4 is 4.74 Å². The van der Waals surface area contributed by atoms with Crippen molar-refractivity contribution in [3.05, 3.63) is 29.8 Å². The number of hydrogen-bond donors (Lipinski definition) is 0. The molecule has 0 saturated heterocycles. The summed E-state index contributed by atoms with van der Waals surface area (Å²) in [5, 5.41) is 0. The number of carbonyl (C=O) groups is 2. The predicted molar refractivity (Wildman–Crippen MR) is 66.5 cm³/mol. The van der Waals surface area contributed by atoms with E-state index in [2.05, 4.69) is 0 Å². The summed E-state index contributed by atoms with van der Waals surface area (Å²) in [5.41, 5.74) is 0.284. The van der Waals surface area contributed by atoms with Crippen molar-refractivity contribution in [2.75, 3.05) is 0 Å². The molecule has 0 spiro atoms. The van der Waals surface area contributed by atoms with Gasteiger partial charge in [-0.25, -0.2) is 0 Å². The van der Waals surface area contributed by atoms with Crippen LogP contribution in [-0.4, -0.2) is 17.2 Å². The lowest BCUT2D eigenvalue weighted by atomic mass is 10.1. The number of ether oxygens (including phenoxy) is 1. The molecule has 17 heavy (non-hydrogen) atoms. The standard InChI is InChI=1S/C14H18O3/c1-10(15)9-13(16)11-5-7-12(8-6-11)17-14(2,3)4/h5-8H,9H2,1-4H3. The summed E-state index contributed by atoms with van der Waals surface area (Å²) in [4.78, 5) is 22.4. The molecule has 1 aromatic rings. The molecule has 0 heterocycles. The molecule has 0 fully saturated rings. The van der Waals surface area contributed by atoms with E-state index in [0.717, 1.165) is 5.75 Å². The minimum atomic E-state index is -0.259. The van der Waals surface area contributed by atoms with Gasteiger partial charge in [-0.2, -0.15) is 0 Å². The highest BCUT2D eigenvalue weighted by Crippen LogP contribution is 2.19. The third-order valence-electron chi connectivity index (χ3n) is 2.01. The summed E-state index contributed by atoms with van der Waals surface area (Å²) >= 11 is 0. The zero-order valence-electron chi connectivity index (χ0n) is 10.7. The smallest absolute Gasteiger partial charge is 0.170 e. The molecule has 0 aliphatic carbocycles. The van der Waals surface area contributed by atoms with Crippen LogP contribution in [0.4, 0.5) is 0 Å². The molecule has 3 heteroatoms. The van der Waals surface area contributed by atoms with E-state index in [4.69, 9.17) is 4.74 Å². The van der Waals surface area contributed by atoms with E-state index in [0.29, 0.717) is 5.56 Å². The fraction of sp³-hybridized carbons (Fsp3) is 0.429. The second-order valence-electron chi connectivity index (χ2n) is 5.04. The van der Waals surface area contributed by atoms with E-state index >= 15 is 0 Å². The van der Waals surface area contributed by atoms with Crippen molar-refractivity contribution < 1.29 is 14.3 Å². The van der Waals surface area contributed by atoms with Gasteiger partial charge in [0.05, 0.1) is 6.42 Å². The van der Waals surface area contributed by atoms with Gasteiger partial charge >= 0.3 is 0 Å². The van der Waals surface area contributed by atoms with Gasteiger partial charge in [0.2, 0.25) is 0 Å². The molecule has 0 atom stereocenters. The van der Waals surface area contributed by atoms with E-state index < -0.39 is 0 Å². The molecule has 1 aromatic carbocycles.